The summed E-state index contributed by atoms with van der Waals surface area (Å²) in [7, 11) is 0. The first-order chi connectivity index (χ1) is 8.72. The van der Waals surface area contributed by atoms with E-state index < -0.39 is 0 Å². The van der Waals surface area contributed by atoms with Gasteiger partial charge in [0, 0.05) is 29.7 Å². The third-order valence-electron chi connectivity index (χ3n) is 3.06. The minimum absolute atomic E-state index is 0.0941. The summed E-state index contributed by atoms with van der Waals surface area (Å²) in [5.74, 6) is 0.0941. The van der Waals surface area contributed by atoms with Gasteiger partial charge in [0.15, 0.2) is 0 Å². The Morgan fingerprint density at radius 2 is 1.94 bits per heavy atom. The van der Waals surface area contributed by atoms with Gasteiger partial charge in [-0.15, -0.1) is 0 Å². The summed E-state index contributed by atoms with van der Waals surface area (Å²) >= 11 is 2.19. The quantitative estimate of drug-likeness (QED) is 0.598. The van der Waals surface area contributed by atoms with Gasteiger partial charge in [-0.25, -0.2) is 0 Å². The molecular formula is C13H14IN3O. The van der Waals surface area contributed by atoms with Crippen LogP contribution in [0.5, 0.6) is 0 Å². The highest BCUT2D eigenvalue weighted by Gasteiger charge is 2.22. The van der Waals surface area contributed by atoms with Gasteiger partial charge in [-0.3, -0.25) is 9.69 Å². The Bertz CT molecular complexity index is 475. The number of rotatable bonds is 2. The largest absolute Gasteiger partial charge is 0.336 e. The van der Waals surface area contributed by atoms with Crippen LogP contribution in [0, 0.1) is 14.9 Å². The Labute approximate surface area is 120 Å². The smallest absolute Gasteiger partial charge is 0.255 e. The average molecular weight is 355 g/mol. The van der Waals surface area contributed by atoms with Crippen molar-refractivity contribution >= 4 is 28.5 Å². The molecule has 0 unspecified atom stereocenters. The number of amides is 1. The van der Waals surface area contributed by atoms with Crippen LogP contribution in [0.4, 0.5) is 0 Å². The molecule has 2 rings (SSSR count). The number of benzene rings is 1. The zero-order chi connectivity index (χ0) is 13.0. The standard InChI is InChI=1S/C13H14IN3O/c14-12-4-2-1-3-11(12)13(18)17-9-7-16(6-5-15)8-10-17/h1-4H,6-10H2. The number of nitrogens with zero attached hydrogens (tertiary/aromatic N) is 3. The number of carbonyl (C=O) groups is 1. The maximum absolute atomic E-state index is 12.3. The van der Waals surface area contributed by atoms with Crippen LogP contribution in [-0.4, -0.2) is 48.4 Å². The van der Waals surface area contributed by atoms with Crippen molar-refractivity contribution < 1.29 is 4.79 Å². The molecule has 5 heteroatoms. The van der Waals surface area contributed by atoms with E-state index in [-0.39, 0.29) is 5.91 Å². The van der Waals surface area contributed by atoms with Gasteiger partial charge in [-0.1, -0.05) is 12.1 Å². The van der Waals surface area contributed by atoms with Crippen molar-refractivity contribution in [2.45, 2.75) is 0 Å². The fourth-order valence-corrected chi connectivity index (χ4v) is 2.63. The monoisotopic (exact) mass is 355 g/mol. The normalized spacial score (nSPS) is 16.3. The second-order valence-corrected chi connectivity index (χ2v) is 5.37. The highest BCUT2D eigenvalue weighted by Crippen LogP contribution is 2.15. The third kappa shape index (κ3) is 3.00. The van der Waals surface area contributed by atoms with E-state index >= 15 is 0 Å². The first-order valence-electron chi connectivity index (χ1n) is 5.85. The molecule has 18 heavy (non-hydrogen) atoms. The molecule has 1 aromatic rings. The minimum atomic E-state index is 0.0941. The molecule has 1 fully saturated rings. The van der Waals surface area contributed by atoms with Crippen molar-refractivity contribution in [3.63, 3.8) is 0 Å². The van der Waals surface area contributed by atoms with Crippen molar-refractivity contribution in [3.8, 4) is 6.07 Å². The van der Waals surface area contributed by atoms with Crippen LogP contribution < -0.4 is 0 Å². The fraction of sp³-hybridized carbons (Fsp3) is 0.385. The van der Waals surface area contributed by atoms with Gasteiger partial charge in [-0.2, -0.15) is 5.26 Å². The fourth-order valence-electron chi connectivity index (χ4n) is 2.01. The molecular weight excluding hydrogens is 341 g/mol. The van der Waals surface area contributed by atoms with Crippen LogP contribution in [0.2, 0.25) is 0 Å². The van der Waals surface area contributed by atoms with Crippen LogP contribution in [0.3, 0.4) is 0 Å². The maximum atomic E-state index is 12.3. The van der Waals surface area contributed by atoms with Gasteiger partial charge in [-0.05, 0) is 34.7 Å². The number of halogens is 1. The molecule has 0 bridgehead atoms. The Hall–Kier alpha value is -1.13. The number of hydrogen-bond acceptors (Lipinski definition) is 3. The van der Waals surface area contributed by atoms with Crippen molar-refractivity contribution in [3.05, 3.63) is 33.4 Å². The van der Waals surface area contributed by atoms with E-state index in [0.717, 1.165) is 22.2 Å². The molecule has 0 aliphatic carbocycles. The molecule has 0 aromatic heterocycles. The average Bonchev–Trinajstić information content (AvgIpc) is 2.40. The number of hydrogen-bond donors (Lipinski definition) is 0. The lowest BCUT2D eigenvalue weighted by Crippen LogP contribution is -2.48. The molecule has 1 saturated heterocycles. The number of nitriles is 1. The first-order valence-corrected chi connectivity index (χ1v) is 6.93. The van der Waals surface area contributed by atoms with Gasteiger partial charge in [0.05, 0.1) is 18.2 Å². The van der Waals surface area contributed by atoms with E-state index in [9.17, 15) is 4.79 Å². The topological polar surface area (TPSA) is 47.3 Å². The van der Waals surface area contributed by atoms with Gasteiger partial charge >= 0.3 is 0 Å². The van der Waals surface area contributed by atoms with Gasteiger partial charge in [0.1, 0.15) is 0 Å². The molecule has 4 nitrogen and oxygen atoms in total. The molecule has 0 radical (unpaired) electrons. The molecule has 94 valence electrons. The molecule has 0 N–H and O–H groups in total. The van der Waals surface area contributed by atoms with Gasteiger partial charge in [0.2, 0.25) is 0 Å². The van der Waals surface area contributed by atoms with Crippen LogP contribution in [0.15, 0.2) is 24.3 Å². The summed E-state index contributed by atoms with van der Waals surface area (Å²) in [5, 5.41) is 8.63. The highest BCUT2D eigenvalue weighted by molar-refractivity contribution is 14.1. The minimum Gasteiger partial charge on any atom is -0.336 e. The second kappa shape index (κ2) is 6.16. The zero-order valence-corrected chi connectivity index (χ0v) is 12.1. The number of carbonyl (C=O) groups excluding carboxylic acids is 1. The van der Waals surface area contributed by atoms with Crippen molar-refractivity contribution in [1.29, 1.82) is 5.26 Å². The second-order valence-electron chi connectivity index (χ2n) is 4.21. The molecule has 1 aromatic carbocycles. The van der Waals surface area contributed by atoms with Crippen molar-refractivity contribution in [2.24, 2.45) is 0 Å². The van der Waals surface area contributed by atoms with Gasteiger partial charge < -0.3 is 4.90 Å². The van der Waals surface area contributed by atoms with E-state index in [1.807, 2.05) is 29.2 Å². The van der Waals surface area contributed by atoms with Crippen LogP contribution in [0.25, 0.3) is 0 Å². The third-order valence-corrected chi connectivity index (χ3v) is 4.00. The summed E-state index contributed by atoms with van der Waals surface area (Å²) in [4.78, 5) is 16.3. The Morgan fingerprint density at radius 3 is 2.56 bits per heavy atom. The summed E-state index contributed by atoms with van der Waals surface area (Å²) in [6, 6.07) is 9.78. The molecule has 1 aliphatic heterocycles. The Balaban J connectivity index is 2.00. The molecule has 1 aliphatic rings. The summed E-state index contributed by atoms with van der Waals surface area (Å²) in [6.45, 7) is 3.41. The molecule has 1 amide bonds. The van der Waals surface area contributed by atoms with Crippen LogP contribution >= 0.6 is 22.6 Å². The molecule has 0 spiro atoms. The summed E-state index contributed by atoms with van der Waals surface area (Å²) in [5.41, 5.74) is 0.770. The predicted molar refractivity (Wildman–Crippen MR) is 77.1 cm³/mol. The van der Waals surface area contributed by atoms with Gasteiger partial charge in [0.25, 0.3) is 5.91 Å². The molecule has 0 saturated carbocycles. The SMILES string of the molecule is N#CCN1CCN(C(=O)c2ccccc2I)CC1. The molecule has 1 heterocycles. The van der Waals surface area contributed by atoms with E-state index in [1.165, 1.54) is 0 Å². The van der Waals surface area contributed by atoms with E-state index in [2.05, 4.69) is 33.6 Å². The molecule has 0 atom stereocenters. The number of piperazine rings is 1. The van der Waals surface area contributed by atoms with E-state index in [0.29, 0.717) is 19.6 Å². The first kappa shape index (κ1) is 13.3. The zero-order valence-electron chi connectivity index (χ0n) is 9.97. The maximum Gasteiger partial charge on any atom is 0.255 e. The Morgan fingerprint density at radius 1 is 1.28 bits per heavy atom. The lowest BCUT2D eigenvalue weighted by molar-refractivity contribution is 0.0650. The van der Waals surface area contributed by atoms with E-state index in [4.69, 9.17) is 5.26 Å². The van der Waals surface area contributed by atoms with Crippen LogP contribution in [0.1, 0.15) is 10.4 Å². The summed E-state index contributed by atoms with van der Waals surface area (Å²) < 4.78 is 0.986. The lowest BCUT2D eigenvalue weighted by Gasteiger charge is -2.33. The Kier molecular flexibility index (Phi) is 4.55. The highest BCUT2D eigenvalue weighted by atomic mass is 127. The van der Waals surface area contributed by atoms with Crippen molar-refractivity contribution in [2.75, 3.05) is 32.7 Å². The van der Waals surface area contributed by atoms with Crippen LogP contribution in [-0.2, 0) is 0 Å². The van der Waals surface area contributed by atoms with Crippen molar-refractivity contribution in [1.82, 2.24) is 9.80 Å². The van der Waals surface area contributed by atoms with E-state index in [1.54, 1.807) is 0 Å². The predicted octanol–water partition coefficient (Wildman–Crippen LogP) is 1.57. The summed E-state index contributed by atoms with van der Waals surface area (Å²) in [6.07, 6.45) is 0. The lowest BCUT2D eigenvalue weighted by atomic mass is 10.2.